The first-order valence-corrected chi connectivity index (χ1v) is 11.7. The van der Waals surface area contributed by atoms with Gasteiger partial charge in [0.15, 0.2) is 11.5 Å². The summed E-state index contributed by atoms with van der Waals surface area (Å²) < 4.78 is 13.1. The van der Waals surface area contributed by atoms with Gasteiger partial charge in [0.1, 0.15) is 13.2 Å². The second-order valence-electron chi connectivity index (χ2n) is 9.05. The van der Waals surface area contributed by atoms with Gasteiger partial charge in [-0.15, -0.1) is 0 Å². The van der Waals surface area contributed by atoms with Crippen LogP contribution in [0.2, 0.25) is 0 Å². The second-order valence-corrected chi connectivity index (χ2v) is 9.05. The van der Waals surface area contributed by atoms with E-state index in [9.17, 15) is 4.79 Å². The van der Waals surface area contributed by atoms with Gasteiger partial charge in [0.05, 0.1) is 29.1 Å². The van der Waals surface area contributed by atoms with Gasteiger partial charge in [0.25, 0.3) is 5.56 Å². The zero-order valence-electron chi connectivity index (χ0n) is 19.3. The lowest BCUT2D eigenvalue weighted by molar-refractivity contribution is 0.131. The van der Waals surface area contributed by atoms with Crippen molar-refractivity contribution in [2.75, 3.05) is 26.3 Å². The van der Waals surface area contributed by atoms with Gasteiger partial charge < -0.3 is 19.4 Å². The highest BCUT2D eigenvalue weighted by atomic mass is 16.6. The van der Waals surface area contributed by atoms with E-state index >= 15 is 0 Å². The number of rotatable bonds is 6. The lowest BCUT2D eigenvalue weighted by Crippen LogP contribution is -2.48. The summed E-state index contributed by atoms with van der Waals surface area (Å²) in [5.41, 5.74) is 3.84. The smallest absolute Gasteiger partial charge is 0.269 e. The molecular weight excluding hydrogens is 418 g/mol. The van der Waals surface area contributed by atoms with Crippen molar-refractivity contribution < 1.29 is 9.47 Å². The number of hydrogen-bond acceptors (Lipinski definition) is 7. The third-order valence-electron chi connectivity index (χ3n) is 6.68. The molecule has 2 atom stereocenters. The van der Waals surface area contributed by atoms with Gasteiger partial charge in [-0.2, -0.15) is 0 Å². The maximum Gasteiger partial charge on any atom is 0.269 e. The Labute approximate surface area is 193 Å². The molecule has 8 nitrogen and oxygen atoms in total. The standard InChI is InChI=1S/C25H31N5O3/c1-17-3-4-21-22(11-17)30(25(31)16-28-21)8-7-29-6-5-19(12-18(29)2)26-14-20-13-23-24(15-27-20)33-10-9-32-23/h3-4,11,13,15-16,18-19,26H,5-10,12,14H2,1-2H3. The molecule has 3 aromatic rings. The topological polar surface area (TPSA) is 81.5 Å². The quantitative estimate of drug-likeness (QED) is 0.619. The molecular formula is C25H31N5O3. The summed E-state index contributed by atoms with van der Waals surface area (Å²) >= 11 is 0. The second kappa shape index (κ2) is 9.49. The first-order chi connectivity index (χ1) is 16.1. The predicted molar refractivity (Wildman–Crippen MR) is 127 cm³/mol. The minimum atomic E-state index is -0.0377. The van der Waals surface area contributed by atoms with Crippen molar-refractivity contribution in [1.29, 1.82) is 0 Å². The van der Waals surface area contributed by atoms with E-state index in [1.165, 1.54) is 6.20 Å². The normalized spacial score (nSPS) is 20.8. The molecule has 8 heteroatoms. The van der Waals surface area contributed by atoms with Crippen molar-refractivity contribution >= 4 is 11.0 Å². The lowest BCUT2D eigenvalue weighted by atomic mass is 9.98. The highest BCUT2D eigenvalue weighted by Crippen LogP contribution is 2.29. The van der Waals surface area contributed by atoms with Crippen molar-refractivity contribution in [3.05, 3.63) is 58.3 Å². The molecule has 4 heterocycles. The van der Waals surface area contributed by atoms with Crippen molar-refractivity contribution in [1.82, 2.24) is 24.8 Å². The number of pyridine rings is 1. The summed E-state index contributed by atoms with van der Waals surface area (Å²) in [6, 6.07) is 8.92. The van der Waals surface area contributed by atoms with Gasteiger partial charge in [0, 0.05) is 37.8 Å². The van der Waals surface area contributed by atoms with Crippen LogP contribution in [0.3, 0.4) is 0 Å². The van der Waals surface area contributed by atoms with Gasteiger partial charge in [-0.25, -0.2) is 4.98 Å². The van der Waals surface area contributed by atoms with Gasteiger partial charge in [-0.3, -0.25) is 14.7 Å². The fourth-order valence-corrected chi connectivity index (χ4v) is 4.80. The van der Waals surface area contributed by atoms with Crippen molar-refractivity contribution in [3.63, 3.8) is 0 Å². The summed E-state index contributed by atoms with van der Waals surface area (Å²) in [7, 11) is 0. The third kappa shape index (κ3) is 4.86. The molecule has 0 amide bonds. The fourth-order valence-electron chi connectivity index (χ4n) is 4.80. The Morgan fingerprint density at radius 3 is 2.79 bits per heavy atom. The summed E-state index contributed by atoms with van der Waals surface area (Å²) in [5.74, 6) is 1.51. The number of piperidine rings is 1. The molecule has 0 spiro atoms. The number of fused-ring (bicyclic) bond motifs is 2. The van der Waals surface area contributed by atoms with E-state index in [0.29, 0.717) is 38.4 Å². The highest BCUT2D eigenvalue weighted by molar-refractivity contribution is 5.75. The molecule has 1 fully saturated rings. The molecule has 2 aliphatic rings. The monoisotopic (exact) mass is 449 g/mol. The van der Waals surface area contributed by atoms with Crippen LogP contribution in [0.15, 0.2) is 41.5 Å². The molecule has 5 rings (SSSR count). The molecule has 0 radical (unpaired) electrons. The Hall–Kier alpha value is -2.97. The third-order valence-corrected chi connectivity index (χ3v) is 6.68. The number of aromatic nitrogens is 3. The Morgan fingerprint density at radius 1 is 1.09 bits per heavy atom. The molecule has 0 saturated carbocycles. The van der Waals surface area contributed by atoms with Crippen LogP contribution < -0.4 is 20.3 Å². The van der Waals surface area contributed by atoms with E-state index in [0.717, 1.165) is 59.7 Å². The van der Waals surface area contributed by atoms with Crippen LogP contribution in [0.4, 0.5) is 0 Å². The van der Waals surface area contributed by atoms with E-state index in [4.69, 9.17) is 9.47 Å². The van der Waals surface area contributed by atoms with Crippen molar-refractivity contribution in [2.24, 2.45) is 0 Å². The van der Waals surface area contributed by atoms with Crippen LogP contribution in [0.25, 0.3) is 11.0 Å². The molecule has 0 aliphatic carbocycles. The van der Waals surface area contributed by atoms with E-state index in [-0.39, 0.29) is 5.56 Å². The number of nitrogens with zero attached hydrogens (tertiary/aromatic N) is 4. The first kappa shape index (κ1) is 21.9. The SMILES string of the molecule is Cc1ccc2ncc(=O)n(CCN3CCC(NCc4cc5c(cn4)OCCO5)CC3C)c2c1. The lowest BCUT2D eigenvalue weighted by Gasteiger charge is -2.38. The van der Waals surface area contributed by atoms with Gasteiger partial charge in [-0.1, -0.05) is 6.07 Å². The summed E-state index contributed by atoms with van der Waals surface area (Å²) in [6.45, 7) is 8.72. The predicted octanol–water partition coefficient (Wildman–Crippen LogP) is 2.51. The van der Waals surface area contributed by atoms with Crippen LogP contribution in [0, 0.1) is 6.92 Å². The van der Waals surface area contributed by atoms with Crippen LogP contribution in [-0.2, 0) is 13.1 Å². The fraction of sp³-hybridized carbons (Fsp3) is 0.480. The molecule has 2 aromatic heterocycles. The first-order valence-electron chi connectivity index (χ1n) is 11.7. The Balaban J connectivity index is 1.16. The molecule has 2 unspecified atom stereocenters. The molecule has 1 aromatic carbocycles. The van der Waals surface area contributed by atoms with E-state index in [1.54, 1.807) is 6.20 Å². The van der Waals surface area contributed by atoms with Crippen LogP contribution in [0.5, 0.6) is 11.5 Å². The maximum absolute atomic E-state index is 12.5. The van der Waals surface area contributed by atoms with Crippen LogP contribution >= 0.6 is 0 Å². The highest BCUT2D eigenvalue weighted by Gasteiger charge is 2.25. The van der Waals surface area contributed by atoms with Gasteiger partial charge >= 0.3 is 0 Å². The molecule has 1 N–H and O–H groups in total. The maximum atomic E-state index is 12.5. The van der Waals surface area contributed by atoms with Gasteiger partial charge in [-0.05, 0) is 50.9 Å². The number of likely N-dealkylation sites (tertiary alicyclic amines) is 1. The van der Waals surface area contributed by atoms with Crippen molar-refractivity contribution in [3.8, 4) is 11.5 Å². The molecule has 2 aliphatic heterocycles. The number of aryl methyl sites for hydroxylation is 1. The average Bonchev–Trinajstić information content (AvgIpc) is 2.83. The Morgan fingerprint density at radius 2 is 1.94 bits per heavy atom. The average molecular weight is 450 g/mol. The van der Waals surface area contributed by atoms with Crippen LogP contribution in [0.1, 0.15) is 31.0 Å². The zero-order valence-corrected chi connectivity index (χ0v) is 19.3. The Kier molecular flexibility index (Phi) is 6.28. The van der Waals surface area contributed by atoms with E-state index in [2.05, 4.69) is 33.2 Å². The summed E-state index contributed by atoms with van der Waals surface area (Å²) in [4.78, 5) is 23.8. The van der Waals surface area contributed by atoms with Gasteiger partial charge in [0.2, 0.25) is 0 Å². The van der Waals surface area contributed by atoms with E-state index in [1.807, 2.05) is 29.7 Å². The minimum Gasteiger partial charge on any atom is -0.486 e. The van der Waals surface area contributed by atoms with Crippen molar-refractivity contribution in [2.45, 2.75) is 51.9 Å². The summed E-state index contributed by atoms with van der Waals surface area (Å²) in [5, 5.41) is 3.66. The number of hydrogen-bond donors (Lipinski definition) is 1. The van der Waals surface area contributed by atoms with Crippen LogP contribution in [-0.4, -0.2) is 57.8 Å². The largest absolute Gasteiger partial charge is 0.486 e. The molecule has 0 bridgehead atoms. The zero-order chi connectivity index (χ0) is 22.8. The van der Waals surface area contributed by atoms with E-state index < -0.39 is 0 Å². The number of ether oxygens (including phenoxy) is 2. The minimum absolute atomic E-state index is 0.0377. The molecule has 33 heavy (non-hydrogen) atoms. The molecule has 1 saturated heterocycles. The molecule has 174 valence electrons. The Bertz CT molecular complexity index is 1190. The summed E-state index contributed by atoms with van der Waals surface area (Å²) in [6.07, 6.45) is 5.32. The number of nitrogens with one attached hydrogen (secondary N) is 1. The number of benzene rings is 1.